The number of rotatable bonds is 4. The second-order valence-electron chi connectivity index (χ2n) is 8.01. The van der Waals surface area contributed by atoms with E-state index in [2.05, 4.69) is 21.2 Å². The minimum Gasteiger partial charge on any atom is -0.451 e. The Kier molecular flexibility index (Phi) is 5.16. The van der Waals surface area contributed by atoms with Crippen molar-refractivity contribution in [1.29, 1.82) is 5.26 Å². The summed E-state index contributed by atoms with van der Waals surface area (Å²) in [5.41, 5.74) is 8.14. The molecule has 1 aliphatic carbocycles. The molecule has 1 N–H and O–H groups in total. The highest BCUT2D eigenvalue weighted by Crippen LogP contribution is 2.38. The first kappa shape index (κ1) is 20.3. The van der Waals surface area contributed by atoms with Gasteiger partial charge in [0.15, 0.2) is 5.76 Å². The monoisotopic (exact) mass is 442 g/mol. The summed E-state index contributed by atoms with van der Waals surface area (Å²) in [7, 11) is 0. The SMILES string of the molecule is Cc1cc(/C=N/NC(=O)c2cc3ccccc3o2)c(C)n1-c1sc2c(c1C#N)CCCC2. The lowest BCUT2D eigenvalue weighted by molar-refractivity contribution is 0.0929. The molecule has 0 saturated carbocycles. The maximum absolute atomic E-state index is 12.4. The van der Waals surface area contributed by atoms with Crippen molar-refractivity contribution in [3.8, 4) is 11.1 Å². The summed E-state index contributed by atoms with van der Waals surface area (Å²) in [6, 6.07) is 13.6. The number of hydrogen-bond acceptors (Lipinski definition) is 5. The predicted octanol–water partition coefficient (Wildman–Crippen LogP) is 5.42. The molecule has 0 radical (unpaired) electrons. The summed E-state index contributed by atoms with van der Waals surface area (Å²) in [6.45, 7) is 4.03. The Bertz CT molecular complexity index is 1380. The molecule has 1 amide bonds. The second kappa shape index (κ2) is 8.13. The van der Waals surface area contributed by atoms with Gasteiger partial charge in [0, 0.05) is 27.2 Å². The zero-order chi connectivity index (χ0) is 22.2. The molecule has 4 aromatic rings. The van der Waals surface area contributed by atoms with Gasteiger partial charge in [-0.15, -0.1) is 11.3 Å². The number of carbonyl (C=O) groups excluding carboxylic acids is 1. The van der Waals surface area contributed by atoms with Gasteiger partial charge in [0.25, 0.3) is 0 Å². The lowest BCUT2D eigenvalue weighted by Crippen LogP contribution is -2.16. The molecular formula is C25H22N4O2S. The van der Waals surface area contributed by atoms with Crippen LogP contribution in [0.25, 0.3) is 16.0 Å². The molecule has 3 heterocycles. The van der Waals surface area contributed by atoms with Gasteiger partial charge >= 0.3 is 5.91 Å². The van der Waals surface area contributed by atoms with Gasteiger partial charge in [-0.05, 0) is 63.3 Å². The Hall–Kier alpha value is -3.63. The minimum absolute atomic E-state index is 0.219. The maximum atomic E-state index is 12.4. The number of carbonyl (C=O) groups is 1. The van der Waals surface area contributed by atoms with E-state index in [0.717, 1.165) is 52.2 Å². The third kappa shape index (κ3) is 3.43. The molecule has 1 aromatic carbocycles. The average Bonchev–Trinajstić information content (AvgIpc) is 3.46. The summed E-state index contributed by atoms with van der Waals surface area (Å²) in [4.78, 5) is 13.8. The van der Waals surface area contributed by atoms with E-state index in [1.807, 2.05) is 44.2 Å². The molecule has 5 rings (SSSR count). The molecule has 0 unspecified atom stereocenters. The van der Waals surface area contributed by atoms with Crippen LogP contribution in [0.4, 0.5) is 0 Å². The number of aryl methyl sites for hydroxylation is 2. The molecule has 7 heteroatoms. The number of nitriles is 1. The van der Waals surface area contributed by atoms with Gasteiger partial charge in [0.05, 0.1) is 11.8 Å². The number of aromatic nitrogens is 1. The number of furan rings is 1. The number of amides is 1. The van der Waals surface area contributed by atoms with Crippen molar-refractivity contribution >= 4 is 34.4 Å². The van der Waals surface area contributed by atoms with Crippen LogP contribution < -0.4 is 5.43 Å². The molecule has 0 aliphatic heterocycles. The highest BCUT2D eigenvalue weighted by molar-refractivity contribution is 7.15. The van der Waals surface area contributed by atoms with Crippen LogP contribution in [0.2, 0.25) is 0 Å². The topological polar surface area (TPSA) is 83.3 Å². The van der Waals surface area contributed by atoms with Gasteiger partial charge in [-0.25, -0.2) is 5.43 Å². The van der Waals surface area contributed by atoms with Gasteiger partial charge in [-0.1, -0.05) is 18.2 Å². The highest BCUT2D eigenvalue weighted by Gasteiger charge is 2.23. The number of benzene rings is 1. The van der Waals surface area contributed by atoms with Crippen LogP contribution in [0.1, 0.15) is 56.4 Å². The van der Waals surface area contributed by atoms with Crippen LogP contribution in [0, 0.1) is 25.2 Å². The Morgan fingerprint density at radius 2 is 2.06 bits per heavy atom. The van der Waals surface area contributed by atoms with Crippen LogP contribution in [0.15, 0.2) is 45.9 Å². The molecule has 0 bridgehead atoms. The Balaban J connectivity index is 1.40. The number of nitrogens with zero attached hydrogens (tertiary/aromatic N) is 3. The standard InChI is InChI=1S/C25H22N4O2S/c1-15-11-18(14-27-28-24(30)22-12-17-7-3-5-9-21(17)31-22)16(2)29(15)25-20(13-26)19-8-4-6-10-23(19)32-25/h3,5,7,9,11-12,14H,4,6,8,10H2,1-2H3,(H,28,30)/b27-14+. The van der Waals surface area contributed by atoms with Gasteiger partial charge in [-0.3, -0.25) is 4.79 Å². The van der Waals surface area contributed by atoms with Gasteiger partial charge in [0.1, 0.15) is 16.7 Å². The molecule has 160 valence electrons. The van der Waals surface area contributed by atoms with Crippen molar-refractivity contribution < 1.29 is 9.21 Å². The zero-order valence-corrected chi connectivity index (χ0v) is 18.8. The van der Waals surface area contributed by atoms with Crippen molar-refractivity contribution in [1.82, 2.24) is 9.99 Å². The highest BCUT2D eigenvalue weighted by atomic mass is 32.1. The molecule has 3 aromatic heterocycles. The van der Waals surface area contributed by atoms with Crippen molar-refractivity contribution in [3.63, 3.8) is 0 Å². The molecule has 32 heavy (non-hydrogen) atoms. The van der Waals surface area contributed by atoms with E-state index in [4.69, 9.17) is 4.42 Å². The first-order chi connectivity index (χ1) is 15.6. The quantitative estimate of drug-likeness (QED) is 0.338. The summed E-state index contributed by atoms with van der Waals surface area (Å²) >= 11 is 1.72. The van der Waals surface area contributed by atoms with Crippen molar-refractivity contribution in [2.75, 3.05) is 0 Å². The zero-order valence-electron chi connectivity index (χ0n) is 17.9. The van der Waals surface area contributed by atoms with E-state index in [1.165, 1.54) is 16.9 Å². The van der Waals surface area contributed by atoms with Gasteiger partial charge < -0.3 is 8.98 Å². The number of para-hydroxylation sites is 1. The Labute approximate surface area is 189 Å². The third-order valence-electron chi connectivity index (χ3n) is 5.96. The van der Waals surface area contributed by atoms with Gasteiger partial charge in [0.2, 0.25) is 0 Å². The third-order valence-corrected chi connectivity index (χ3v) is 7.23. The van der Waals surface area contributed by atoms with E-state index >= 15 is 0 Å². The van der Waals surface area contributed by atoms with Gasteiger partial charge in [-0.2, -0.15) is 10.4 Å². The average molecular weight is 443 g/mol. The number of hydrazone groups is 1. The molecule has 6 nitrogen and oxygen atoms in total. The molecular weight excluding hydrogens is 420 g/mol. The van der Waals surface area contributed by atoms with E-state index in [9.17, 15) is 10.1 Å². The summed E-state index contributed by atoms with van der Waals surface area (Å²) in [6.07, 6.45) is 6.00. The molecule has 1 aliphatic rings. The fraction of sp³-hybridized carbons (Fsp3) is 0.240. The summed E-state index contributed by atoms with van der Waals surface area (Å²) in [5.74, 6) is -0.180. The molecule has 0 spiro atoms. The molecule has 0 atom stereocenters. The number of fused-ring (bicyclic) bond motifs is 2. The first-order valence-corrected chi connectivity index (χ1v) is 11.4. The van der Waals surface area contributed by atoms with E-state index in [-0.39, 0.29) is 5.76 Å². The van der Waals surface area contributed by atoms with Crippen LogP contribution in [0.5, 0.6) is 0 Å². The first-order valence-electron chi connectivity index (χ1n) is 10.6. The van der Waals surface area contributed by atoms with Crippen LogP contribution in [0.3, 0.4) is 0 Å². The summed E-state index contributed by atoms with van der Waals surface area (Å²) in [5, 5.41) is 15.8. The number of thiophene rings is 1. The lowest BCUT2D eigenvalue weighted by atomic mass is 9.96. The smallest absolute Gasteiger partial charge is 0.307 e. The fourth-order valence-electron chi connectivity index (χ4n) is 4.36. The molecule has 0 fully saturated rings. The molecule has 0 saturated heterocycles. The van der Waals surface area contributed by atoms with E-state index in [1.54, 1.807) is 23.6 Å². The normalized spacial score (nSPS) is 13.4. The van der Waals surface area contributed by atoms with E-state index in [0.29, 0.717) is 5.58 Å². The summed E-state index contributed by atoms with van der Waals surface area (Å²) < 4.78 is 7.71. The maximum Gasteiger partial charge on any atom is 0.307 e. The van der Waals surface area contributed by atoms with Crippen LogP contribution in [-0.4, -0.2) is 16.7 Å². The number of hydrogen-bond donors (Lipinski definition) is 1. The predicted molar refractivity (Wildman–Crippen MR) is 126 cm³/mol. The Morgan fingerprint density at radius 3 is 2.88 bits per heavy atom. The number of nitrogens with one attached hydrogen (secondary N) is 1. The van der Waals surface area contributed by atoms with E-state index < -0.39 is 5.91 Å². The van der Waals surface area contributed by atoms with Crippen molar-refractivity contribution in [3.05, 3.63) is 75.1 Å². The largest absolute Gasteiger partial charge is 0.451 e. The van der Waals surface area contributed by atoms with Crippen LogP contribution >= 0.6 is 11.3 Å². The lowest BCUT2D eigenvalue weighted by Gasteiger charge is -2.10. The van der Waals surface area contributed by atoms with Crippen molar-refractivity contribution in [2.24, 2.45) is 5.10 Å². The fourth-order valence-corrected chi connectivity index (χ4v) is 5.81. The second-order valence-corrected chi connectivity index (χ2v) is 9.10. The van der Waals surface area contributed by atoms with Crippen molar-refractivity contribution in [2.45, 2.75) is 39.5 Å². The Morgan fingerprint density at radius 1 is 1.25 bits per heavy atom. The van der Waals surface area contributed by atoms with Crippen LogP contribution in [-0.2, 0) is 12.8 Å². The minimum atomic E-state index is -0.399.